The topological polar surface area (TPSA) is 214 Å². The van der Waals surface area contributed by atoms with Crippen LogP contribution in [0.2, 0.25) is 0 Å². The molecule has 4 aromatic carbocycles. The van der Waals surface area contributed by atoms with Gasteiger partial charge in [0.1, 0.15) is 11.5 Å². The summed E-state index contributed by atoms with van der Waals surface area (Å²) in [6.45, 7) is 0. The second kappa shape index (κ2) is 15.3. The first-order valence-electron chi connectivity index (χ1n) is 11.6. The fourth-order valence-electron chi connectivity index (χ4n) is 3.14. The van der Waals surface area contributed by atoms with Crippen molar-refractivity contribution in [2.75, 3.05) is 17.2 Å². The highest BCUT2D eigenvalue weighted by Gasteiger charge is 2.10. The number of nitro benzene ring substituents is 2. The molecule has 40 heavy (non-hydrogen) atoms. The van der Waals surface area contributed by atoms with Gasteiger partial charge in [0.05, 0.1) is 15.9 Å². The predicted molar refractivity (Wildman–Crippen MR) is 151 cm³/mol. The van der Waals surface area contributed by atoms with Gasteiger partial charge in [-0.3, -0.25) is 25.0 Å². The number of nitrogens with zero attached hydrogens (tertiary/aromatic N) is 3. The van der Waals surface area contributed by atoms with Crippen LogP contribution >= 0.6 is 0 Å². The maximum absolute atomic E-state index is 11.9. The number of nitriles is 1. The average Bonchev–Trinajstić information content (AvgIpc) is 2.93. The zero-order chi connectivity index (χ0) is 29.5. The zero-order valence-corrected chi connectivity index (χ0v) is 21.2. The van der Waals surface area contributed by atoms with Gasteiger partial charge in [-0.2, -0.15) is 0 Å². The second-order valence-corrected chi connectivity index (χ2v) is 8.18. The van der Waals surface area contributed by atoms with Crippen LogP contribution in [0, 0.1) is 31.7 Å². The van der Waals surface area contributed by atoms with Crippen LogP contribution in [-0.4, -0.2) is 15.6 Å². The summed E-state index contributed by atoms with van der Waals surface area (Å²) in [6, 6.07) is 25.8. The number of benzene rings is 4. The lowest BCUT2D eigenvalue weighted by atomic mass is 10.0. The third-order valence-electron chi connectivity index (χ3n) is 5.03. The van der Waals surface area contributed by atoms with Gasteiger partial charge in [0, 0.05) is 48.1 Å². The number of nitrogen functional groups attached to an aromatic ring is 3. The van der Waals surface area contributed by atoms with Crippen LogP contribution in [0.5, 0.6) is 5.75 Å². The van der Waals surface area contributed by atoms with E-state index in [1.807, 2.05) is 0 Å². The Kier molecular flexibility index (Phi) is 11.6. The summed E-state index contributed by atoms with van der Waals surface area (Å²) in [6.07, 6.45) is 1.91. The number of hydrogen-bond donors (Lipinski definition) is 3. The van der Waals surface area contributed by atoms with Crippen molar-refractivity contribution in [1.82, 2.24) is 0 Å². The Morgan fingerprint density at radius 2 is 1.15 bits per heavy atom. The van der Waals surface area contributed by atoms with Crippen molar-refractivity contribution in [2.45, 2.75) is 12.8 Å². The van der Waals surface area contributed by atoms with Gasteiger partial charge in [0.2, 0.25) is 0 Å². The number of nitrogens with two attached hydrogens (primary N) is 3. The molecular formula is C28H26N6O6. The molecule has 12 heteroatoms. The summed E-state index contributed by atoms with van der Waals surface area (Å²) in [4.78, 5) is 31.8. The Balaban J connectivity index is 0.000000236. The summed E-state index contributed by atoms with van der Waals surface area (Å²) in [5.41, 5.74) is 19.9. The molecule has 0 aliphatic heterocycles. The van der Waals surface area contributed by atoms with Gasteiger partial charge in [0.25, 0.3) is 17.6 Å². The molecule has 4 aromatic rings. The molecule has 204 valence electrons. The van der Waals surface area contributed by atoms with Crippen LogP contribution in [0.15, 0.2) is 97.1 Å². The zero-order valence-electron chi connectivity index (χ0n) is 21.2. The molecule has 6 N–H and O–H groups in total. The number of hydrogen-bond acceptors (Lipinski definition) is 10. The molecule has 0 amide bonds. The monoisotopic (exact) mass is 542 g/mol. The molecule has 0 unspecified atom stereocenters. The van der Waals surface area contributed by atoms with Gasteiger partial charge in [-0.1, -0.05) is 30.3 Å². The van der Waals surface area contributed by atoms with Crippen LogP contribution in [0.3, 0.4) is 0 Å². The van der Waals surface area contributed by atoms with Gasteiger partial charge in [0.15, 0.2) is 0 Å². The minimum atomic E-state index is -0.551. The van der Waals surface area contributed by atoms with Crippen LogP contribution < -0.4 is 21.9 Å². The molecule has 4 rings (SSSR count). The van der Waals surface area contributed by atoms with Crippen molar-refractivity contribution >= 4 is 34.2 Å². The number of nitro groups is 2. The van der Waals surface area contributed by atoms with Crippen LogP contribution in [-0.2, 0) is 17.6 Å². The van der Waals surface area contributed by atoms with Gasteiger partial charge in [-0.05, 0) is 53.6 Å². The molecule has 0 saturated heterocycles. The van der Waals surface area contributed by atoms with E-state index in [-0.39, 0.29) is 29.3 Å². The van der Waals surface area contributed by atoms with Gasteiger partial charge in [-0.15, -0.1) is 5.26 Å². The minimum absolute atomic E-state index is 0.00258. The van der Waals surface area contributed by atoms with E-state index < -0.39 is 9.85 Å². The first-order valence-corrected chi connectivity index (χ1v) is 11.6. The minimum Gasteiger partial charge on any atom is -0.399 e. The van der Waals surface area contributed by atoms with Crippen molar-refractivity contribution in [3.8, 4) is 12.0 Å². The van der Waals surface area contributed by atoms with Crippen molar-refractivity contribution < 1.29 is 19.4 Å². The number of non-ortho nitro benzene ring substituents is 2. The Bertz CT molecular complexity index is 1460. The maximum atomic E-state index is 11.9. The number of ether oxygens (including phenoxy) is 1. The first-order chi connectivity index (χ1) is 19.1. The highest BCUT2D eigenvalue weighted by atomic mass is 16.6. The smallest absolute Gasteiger partial charge is 0.292 e. The quantitative estimate of drug-likeness (QED) is 0.125. The summed E-state index contributed by atoms with van der Waals surface area (Å²) < 4.78 is 4.40. The molecule has 0 heterocycles. The highest BCUT2D eigenvalue weighted by Crippen LogP contribution is 2.18. The summed E-state index contributed by atoms with van der Waals surface area (Å²) >= 11 is 0. The fourth-order valence-corrected chi connectivity index (χ4v) is 3.14. The van der Waals surface area contributed by atoms with E-state index in [1.54, 1.807) is 60.7 Å². The normalized spacial score (nSPS) is 9.47. The molecule has 0 radical (unpaired) electrons. The third-order valence-corrected chi connectivity index (χ3v) is 5.03. The van der Waals surface area contributed by atoms with E-state index >= 15 is 0 Å². The standard InChI is InChI=1S/C15H14N2O3.C7H4N2O3.C6H8N2/c16-13-6-4-11(5-7-13)9-15(18)10-12-2-1-3-14(8-12)17(19)20;8-5-12-7-3-1-2-6(4-7)9(10)11;7-5-1-2-6(8)4-3-5/h1-8H,9-10,16H2;1-4H;1-4H,7-8H2. The second-order valence-electron chi connectivity index (χ2n) is 8.18. The maximum Gasteiger partial charge on any atom is 0.292 e. The number of ketones is 1. The molecule has 0 atom stereocenters. The molecule has 0 aliphatic carbocycles. The van der Waals surface area contributed by atoms with E-state index in [0.29, 0.717) is 17.7 Å². The average molecular weight is 543 g/mol. The summed E-state index contributed by atoms with van der Waals surface area (Å²) in [7, 11) is 0. The number of carbonyl (C=O) groups excluding carboxylic acids is 1. The van der Waals surface area contributed by atoms with Crippen LogP contribution in [0.1, 0.15) is 11.1 Å². The number of Topliss-reactive ketones (excluding diaryl/α,β-unsaturated/α-hetero) is 1. The lowest BCUT2D eigenvalue weighted by Gasteiger charge is -2.03. The van der Waals surface area contributed by atoms with Gasteiger partial charge >= 0.3 is 0 Å². The lowest BCUT2D eigenvalue weighted by Crippen LogP contribution is -2.06. The molecule has 0 bridgehead atoms. The Labute approximate surface area is 229 Å². The Hall–Kier alpha value is -5.96. The molecule has 12 nitrogen and oxygen atoms in total. The SMILES string of the molecule is N#COc1cccc([N+](=O)[O-])c1.Nc1ccc(CC(=O)Cc2cccc([N+](=O)[O-])c2)cc1.Nc1ccc(N)cc1. The Morgan fingerprint density at radius 3 is 1.65 bits per heavy atom. The molecule has 0 saturated carbocycles. The molecule has 0 spiro atoms. The van der Waals surface area contributed by atoms with E-state index in [2.05, 4.69) is 4.74 Å². The van der Waals surface area contributed by atoms with Crippen LogP contribution in [0.4, 0.5) is 28.4 Å². The molecule has 0 aromatic heterocycles. The lowest BCUT2D eigenvalue weighted by molar-refractivity contribution is -0.385. The number of anilines is 3. The molecule has 0 fully saturated rings. The third kappa shape index (κ3) is 11.0. The van der Waals surface area contributed by atoms with Crippen molar-refractivity contribution in [2.24, 2.45) is 0 Å². The van der Waals surface area contributed by atoms with E-state index in [0.717, 1.165) is 16.9 Å². The highest BCUT2D eigenvalue weighted by molar-refractivity contribution is 5.83. The first kappa shape index (κ1) is 30.3. The number of rotatable bonds is 7. The fraction of sp³-hybridized carbons (Fsp3) is 0.0714. The van der Waals surface area contributed by atoms with Gasteiger partial charge in [-0.25, -0.2) is 0 Å². The van der Waals surface area contributed by atoms with Crippen molar-refractivity contribution in [3.63, 3.8) is 0 Å². The Morgan fingerprint density at radius 1 is 0.700 bits per heavy atom. The summed E-state index contributed by atoms with van der Waals surface area (Å²) in [5, 5.41) is 29.0. The van der Waals surface area contributed by atoms with Gasteiger partial charge < -0.3 is 21.9 Å². The summed E-state index contributed by atoms with van der Waals surface area (Å²) in [5.74, 6) is 0.182. The molecular weight excluding hydrogens is 516 g/mol. The predicted octanol–water partition coefficient (Wildman–Crippen LogP) is 4.84. The van der Waals surface area contributed by atoms with Crippen molar-refractivity contribution in [1.29, 1.82) is 5.26 Å². The largest absolute Gasteiger partial charge is 0.399 e. The number of carbonyl (C=O) groups is 1. The molecule has 0 aliphatic rings. The van der Waals surface area contributed by atoms with E-state index in [9.17, 15) is 25.0 Å². The van der Waals surface area contributed by atoms with Crippen molar-refractivity contribution in [3.05, 3.63) is 128 Å². The van der Waals surface area contributed by atoms with Crippen LogP contribution in [0.25, 0.3) is 0 Å². The van der Waals surface area contributed by atoms with E-state index in [4.69, 9.17) is 22.5 Å². The van der Waals surface area contributed by atoms with E-state index in [1.165, 1.54) is 42.7 Å².